The molecule has 2 saturated heterocycles. The molecule has 0 radical (unpaired) electrons. The zero-order valence-electron chi connectivity index (χ0n) is 21.3. The van der Waals surface area contributed by atoms with Crippen molar-refractivity contribution in [2.75, 3.05) is 31.1 Å². The van der Waals surface area contributed by atoms with E-state index in [2.05, 4.69) is 35.7 Å². The number of alkyl halides is 2. The summed E-state index contributed by atoms with van der Waals surface area (Å²) in [6, 6.07) is 12.8. The predicted molar refractivity (Wildman–Crippen MR) is 137 cm³/mol. The van der Waals surface area contributed by atoms with Gasteiger partial charge in [0.2, 0.25) is 5.82 Å². The van der Waals surface area contributed by atoms with Gasteiger partial charge in [-0.15, -0.1) is 0 Å². The molecular formula is C27H29F2N7O2. The van der Waals surface area contributed by atoms with Gasteiger partial charge in [0.15, 0.2) is 5.69 Å². The number of halogens is 2. The van der Waals surface area contributed by atoms with Crippen LogP contribution in [0.4, 0.5) is 14.6 Å². The van der Waals surface area contributed by atoms with E-state index in [1.165, 1.54) is 31.5 Å². The Morgan fingerprint density at radius 2 is 1.95 bits per heavy atom. The summed E-state index contributed by atoms with van der Waals surface area (Å²) >= 11 is 0. The summed E-state index contributed by atoms with van der Waals surface area (Å²) in [5, 5.41) is 8.73. The third-order valence-corrected chi connectivity index (χ3v) is 7.09. The van der Waals surface area contributed by atoms with Gasteiger partial charge in [0.25, 0.3) is 5.89 Å². The molecule has 2 aliphatic rings. The Morgan fingerprint density at radius 3 is 2.76 bits per heavy atom. The minimum Gasteiger partial charge on any atom is -0.433 e. The largest absolute Gasteiger partial charge is 0.433 e. The second-order valence-electron chi connectivity index (χ2n) is 9.99. The van der Waals surface area contributed by atoms with Gasteiger partial charge in [-0.3, -0.25) is 9.58 Å². The standard InChI is InChI=1S/C27H29F2N7O2/c1-18-14-23(26-31-25(33-38-26)20-5-7-22(8-6-20)37-27(2,28)29)32-36(18)16-19-9-10-30-24(15-19)35-13-12-34-11-3-4-21(34)17-35/h5-10,14-15,21H,3-4,11-13,16-17H2,1-2H3. The maximum absolute atomic E-state index is 13.1. The highest BCUT2D eigenvalue weighted by Crippen LogP contribution is 2.27. The molecule has 0 saturated carbocycles. The van der Waals surface area contributed by atoms with Gasteiger partial charge in [0, 0.05) is 50.1 Å². The number of anilines is 1. The molecule has 0 amide bonds. The van der Waals surface area contributed by atoms with Gasteiger partial charge >= 0.3 is 6.11 Å². The Morgan fingerprint density at radius 1 is 1.11 bits per heavy atom. The van der Waals surface area contributed by atoms with Crippen LogP contribution in [0.15, 0.2) is 53.2 Å². The topological polar surface area (TPSA) is 85.3 Å². The first-order chi connectivity index (χ1) is 18.3. The van der Waals surface area contributed by atoms with Gasteiger partial charge in [-0.05, 0) is 74.3 Å². The Bertz CT molecular complexity index is 1410. The summed E-state index contributed by atoms with van der Waals surface area (Å²) in [5.74, 6) is 1.69. The first kappa shape index (κ1) is 24.5. The second kappa shape index (κ2) is 9.79. The number of hydrogen-bond donors (Lipinski definition) is 0. The van der Waals surface area contributed by atoms with Crippen LogP contribution < -0.4 is 9.64 Å². The number of hydrogen-bond acceptors (Lipinski definition) is 8. The number of piperazine rings is 1. The molecule has 2 fully saturated rings. The molecule has 0 spiro atoms. The zero-order valence-corrected chi connectivity index (χ0v) is 21.3. The Hall–Kier alpha value is -3.86. The van der Waals surface area contributed by atoms with Crippen LogP contribution in [0.2, 0.25) is 0 Å². The average Bonchev–Trinajstić information content (AvgIpc) is 3.64. The molecule has 38 heavy (non-hydrogen) atoms. The smallest absolute Gasteiger partial charge is 0.394 e. The molecule has 0 N–H and O–H groups in total. The third kappa shape index (κ3) is 5.24. The lowest BCUT2D eigenvalue weighted by atomic mass is 10.1. The summed E-state index contributed by atoms with van der Waals surface area (Å²) in [4.78, 5) is 14.1. The number of aryl methyl sites for hydroxylation is 1. The fraction of sp³-hybridized carbons (Fsp3) is 0.407. The minimum atomic E-state index is -3.25. The summed E-state index contributed by atoms with van der Waals surface area (Å²) in [6.45, 7) is 7.61. The van der Waals surface area contributed by atoms with E-state index < -0.39 is 6.11 Å². The Balaban J connectivity index is 1.15. The van der Waals surface area contributed by atoms with E-state index >= 15 is 0 Å². The minimum absolute atomic E-state index is 0.0550. The number of aromatic nitrogens is 5. The molecule has 5 heterocycles. The normalized spacial score (nSPS) is 18.1. The fourth-order valence-electron chi connectivity index (χ4n) is 5.20. The lowest BCUT2D eigenvalue weighted by Gasteiger charge is -2.38. The summed E-state index contributed by atoms with van der Waals surface area (Å²) in [5.41, 5.74) is 3.26. The van der Waals surface area contributed by atoms with Crippen LogP contribution in [0, 0.1) is 6.92 Å². The number of fused-ring (bicyclic) bond motifs is 1. The van der Waals surface area contributed by atoms with Gasteiger partial charge in [0.05, 0.1) is 6.54 Å². The Kier molecular flexibility index (Phi) is 6.30. The highest BCUT2D eigenvalue weighted by atomic mass is 19.3. The van der Waals surface area contributed by atoms with Gasteiger partial charge in [-0.25, -0.2) is 4.98 Å². The fourth-order valence-corrected chi connectivity index (χ4v) is 5.20. The molecule has 2 aliphatic heterocycles. The van der Waals surface area contributed by atoms with Crippen LogP contribution in [-0.2, 0) is 6.54 Å². The highest BCUT2D eigenvalue weighted by Gasteiger charge is 2.31. The number of pyridine rings is 1. The molecule has 1 aromatic carbocycles. The molecule has 11 heteroatoms. The first-order valence-electron chi connectivity index (χ1n) is 12.8. The molecule has 1 atom stereocenters. The van der Waals surface area contributed by atoms with E-state index in [0.717, 1.165) is 36.7 Å². The summed E-state index contributed by atoms with van der Waals surface area (Å²) in [7, 11) is 0. The molecule has 0 aliphatic carbocycles. The molecule has 6 rings (SSSR count). The van der Waals surface area contributed by atoms with E-state index in [9.17, 15) is 8.78 Å². The maximum atomic E-state index is 13.1. The van der Waals surface area contributed by atoms with E-state index in [1.54, 1.807) is 12.1 Å². The third-order valence-electron chi connectivity index (χ3n) is 7.09. The van der Waals surface area contributed by atoms with E-state index in [1.807, 2.05) is 29.9 Å². The molecule has 9 nitrogen and oxygen atoms in total. The maximum Gasteiger partial charge on any atom is 0.394 e. The van der Waals surface area contributed by atoms with Gasteiger partial charge in [-0.2, -0.15) is 18.9 Å². The van der Waals surface area contributed by atoms with Crippen molar-refractivity contribution in [3.63, 3.8) is 0 Å². The van der Waals surface area contributed by atoms with E-state index in [4.69, 9.17) is 9.62 Å². The van der Waals surface area contributed by atoms with Crippen LogP contribution >= 0.6 is 0 Å². The van der Waals surface area contributed by atoms with Crippen molar-refractivity contribution >= 4 is 5.82 Å². The van der Waals surface area contributed by atoms with Gasteiger partial charge in [0.1, 0.15) is 11.6 Å². The molecule has 1 unspecified atom stereocenters. The lowest BCUT2D eigenvalue weighted by molar-refractivity contribution is -0.158. The van der Waals surface area contributed by atoms with Crippen molar-refractivity contribution in [3.05, 3.63) is 59.9 Å². The van der Waals surface area contributed by atoms with Crippen LogP contribution in [0.1, 0.15) is 31.0 Å². The summed E-state index contributed by atoms with van der Waals surface area (Å²) in [6.07, 6.45) is 1.17. The lowest BCUT2D eigenvalue weighted by Crippen LogP contribution is -2.50. The number of benzene rings is 1. The molecule has 198 valence electrons. The Labute approximate surface area is 219 Å². The van der Waals surface area contributed by atoms with Crippen molar-refractivity contribution in [1.29, 1.82) is 0 Å². The predicted octanol–water partition coefficient (Wildman–Crippen LogP) is 4.63. The van der Waals surface area contributed by atoms with E-state index in [0.29, 0.717) is 36.6 Å². The van der Waals surface area contributed by atoms with Crippen molar-refractivity contribution in [2.45, 2.75) is 45.4 Å². The van der Waals surface area contributed by atoms with Gasteiger partial charge < -0.3 is 14.2 Å². The monoisotopic (exact) mass is 521 g/mol. The zero-order chi connectivity index (χ0) is 26.3. The first-order valence-corrected chi connectivity index (χ1v) is 12.8. The summed E-state index contributed by atoms with van der Waals surface area (Å²) < 4.78 is 38.1. The second-order valence-corrected chi connectivity index (χ2v) is 9.99. The number of rotatable bonds is 7. The van der Waals surface area contributed by atoms with Crippen LogP contribution in [-0.4, -0.2) is 68.1 Å². The molecule has 4 aromatic rings. The van der Waals surface area contributed by atoms with Crippen LogP contribution in [0.5, 0.6) is 5.75 Å². The average molecular weight is 522 g/mol. The van der Waals surface area contributed by atoms with Crippen molar-refractivity contribution < 1.29 is 18.0 Å². The SMILES string of the molecule is Cc1cc(-c2nc(-c3ccc(OC(C)(F)F)cc3)no2)nn1Cc1ccnc(N2CCN3CCCC3C2)c1. The highest BCUT2D eigenvalue weighted by molar-refractivity contribution is 5.59. The van der Waals surface area contributed by atoms with E-state index in [-0.39, 0.29) is 11.6 Å². The number of ether oxygens (including phenoxy) is 1. The molecule has 0 bridgehead atoms. The van der Waals surface area contributed by atoms with Crippen molar-refractivity contribution in [3.8, 4) is 28.7 Å². The van der Waals surface area contributed by atoms with Crippen LogP contribution in [0.25, 0.3) is 23.0 Å². The number of nitrogens with zero attached hydrogens (tertiary/aromatic N) is 7. The van der Waals surface area contributed by atoms with Gasteiger partial charge in [-0.1, -0.05) is 5.16 Å². The quantitative estimate of drug-likeness (QED) is 0.348. The van der Waals surface area contributed by atoms with Crippen LogP contribution in [0.3, 0.4) is 0 Å². The van der Waals surface area contributed by atoms with Crippen molar-refractivity contribution in [2.24, 2.45) is 0 Å². The molecular weight excluding hydrogens is 492 g/mol. The van der Waals surface area contributed by atoms with Crippen molar-refractivity contribution in [1.82, 2.24) is 29.8 Å². The molecule has 3 aromatic heterocycles.